The number of anilines is 1. The highest BCUT2D eigenvalue weighted by atomic mass is 79.9. The largest absolute Gasteiger partial charge is 0.379 e. The lowest BCUT2D eigenvalue weighted by Crippen LogP contribution is -2.39. The van der Waals surface area contributed by atoms with E-state index < -0.39 is 5.97 Å². The van der Waals surface area contributed by atoms with E-state index in [1.54, 1.807) is 6.20 Å². The van der Waals surface area contributed by atoms with Gasteiger partial charge in [-0.15, -0.1) is 4.91 Å². The number of carbonyl (C=O) groups excluding carboxylic acids is 1. The van der Waals surface area contributed by atoms with Crippen LogP contribution in [-0.4, -0.2) is 55.2 Å². The Bertz CT molecular complexity index is 508. The summed E-state index contributed by atoms with van der Waals surface area (Å²) in [5.74, 6) is -0.479. The molecule has 2 heterocycles. The molecule has 1 aromatic rings. The number of pyridine rings is 1. The number of aromatic nitrogens is 1. The van der Waals surface area contributed by atoms with Gasteiger partial charge in [-0.25, -0.2) is 9.78 Å². The maximum absolute atomic E-state index is 11.6. The quantitative estimate of drug-likeness (QED) is 0.607. The normalized spacial score (nSPS) is 15.5. The van der Waals surface area contributed by atoms with Crippen LogP contribution in [0.5, 0.6) is 0 Å². The maximum Gasteiger partial charge on any atom is 0.373 e. The third kappa shape index (κ3) is 4.73. The van der Waals surface area contributed by atoms with Crippen LogP contribution < -0.4 is 5.32 Å². The number of rotatable bonds is 6. The highest BCUT2D eigenvalue weighted by molar-refractivity contribution is 9.10. The smallest absolute Gasteiger partial charge is 0.373 e. The summed E-state index contributed by atoms with van der Waals surface area (Å²) in [4.78, 5) is 32.2. The molecular formula is C12H15BrN4O4. The van der Waals surface area contributed by atoms with Gasteiger partial charge in [0.25, 0.3) is 0 Å². The van der Waals surface area contributed by atoms with Crippen molar-refractivity contribution in [2.45, 2.75) is 0 Å². The van der Waals surface area contributed by atoms with Crippen LogP contribution in [0.15, 0.2) is 22.1 Å². The Balaban J connectivity index is 1.95. The Hall–Kier alpha value is -1.58. The first-order chi connectivity index (χ1) is 10.2. The molecule has 9 heteroatoms. The van der Waals surface area contributed by atoms with E-state index in [4.69, 9.17) is 4.74 Å². The average Bonchev–Trinajstić information content (AvgIpc) is 2.50. The number of nitrogens with zero attached hydrogens (tertiary/aromatic N) is 3. The molecule has 1 aliphatic rings. The van der Waals surface area contributed by atoms with Gasteiger partial charge in [0.1, 0.15) is 11.4 Å². The van der Waals surface area contributed by atoms with E-state index in [1.165, 1.54) is 6.07 Å². The third-order valence-corrected chi connectivity index (χ3v) is 3.45. The molecule has 0 radical (unpaired) electrons. The van der Waals surface area contributed by atoms with Crippen molar-refractivity contribution in [1.82, 2.24) is 9.88 Å². The van der Waals surface area contributed by atoms with E-state index in [1.807, 2.05) is 0 Å². The molecule has 2 rings (SSSR count). The molecule has 0 aliphatic carbocycles. The first-order valence-corrected chi connectivity index (χ1v) is 7.23. The van der Waals surface area contributed by atoms with Crippen LogP contribution in [0.2, 0.25) is 0 Å². The second-order valence-corrected chi connectivity index (χ2v) is 5.30. The van der Waals surface area contributed by atoms with Gasteiger partial charge in [-0.2, -0.15) is 0 Å². The van der Waals surface area contributed by atoms with E-state index in [-0.39, 0.29) is 5.56 Å². The SMILES string of the molecule is O=NOC(=O)c1cc(Br)cnc1NCCN1CCOCC1. The van der Waals surface area contributed by atoms with Gasteiger partial charge < -0.3 is 10.1 Å². The molecule has 0 amide bonds. The Morgan fingerprint density at radius 1 is 1.52 bits per heavy atom. The van der Waals surface area contributed by atoms with Gasteiger partial charge in [0.2, 0.25) is 0 Å². The Morgan fingerprint density at radius 2 is 2.29 bits per heavy atom. The lowest BCUT2D eigenvalue weighted by molar-refractivity contribution is 0.0398. The van der Waals surface area contributed by atoms with E-state index >= 15 is 0 Å². The highest BCUT2D eigenvalue weighted by Crippen LogP contribution is 2.19. The van der Waals surface area contributed by atoms with Crippen molar-refractivity contribution in [2.75, 3.05) is 44.7 Å². The Labute approximate surface area is 129 Å². The van der Waals surface area contributed by atoms with Crippen LogP contribution in [0.1, 0.15) is 10.4 Å². The summed E-state index contributed by atoms with van der Waals surface area (Å²) in [6.45, 7) is 4.67. The lowest BCUT2D eigenvalue weighted by atomic mass is 10.2. The zero-order chi connectivity index (χ0) is 15.1. The molecule has 1 fully saturated rings. The van der Waals surface area contributed by atoms with Crippen LogP contribution >= 0.6 is 15.9 Å². The van der Waals surface area contributed by atoms with Gasteiger partial charge >= 0.3 is 5.97 Å². The lowest BCUT2D eigenvalue weighted by Gasteiger charge is -2.26. The van der Waals surface area contributed by atoms with Crippen molar-refractivity contribution in [1.29, 1.82) is 0 Å². The van der Waals surface area contributed by atoms with Crippen LogP contribution in [0.3, 0.4) is 0 Å². The van der Waals surface area contributed by atoms with E-state index in [9.17, 15) is 9.70 Å². The molecule has 0 unspecified atom stereocenters. The number of ether oxygens (including phenoxy) is 1. The Kier molecular flexibility index (Phi) is 6.03. The molecule has 0 spiro atoms. The molecule has 21 heavy (non-hydrogen) atoms. The topological polar surface area (TPSA) is 93.1 Å². The molecule has 114 valence electrons. The standard InChI is InChI=1S/C12H15BrN4O4/c13-9-7-10(12(18)21-16-19)11(15-8-9)14-1-2-17-3-5-20-6-4-17/h7-8H,1-6H2,(H,14,15). The third-order valence-electron chi connectivity index (χ3n) is 3.02. The molecule has 1 N–H and O–H groups in total. The summed E-state index contributed by atoms with van der Waals surface area (Å²) < 4.78 is 5.88. The summed E-state index contributed by atoms with van der Waals surface area (Å²) in [5, 5.41) is 5.21. The molecular weight excluding hydrogens is 344 g/mol. The van der Waals surface area contributed by atoms with Crippen molar-refractivity contribution in [3.8, 4) is 0 Å². The number of hydrogen-bond donors (Lipinski definition) is 1. The fraction of sp³-hybridized carbons (Fsp3) is 0.500. The zero-order valence-electron chi connectivity index (χ0n) is 11.2. The molecule has 0 atom stereocenters. The second-order valence-electron chi connectivity index (χ2n) is 4.38. The summed E-state index contributed by atoms with van der Waals surface area (Å²) in [6.07, 6.45) is 1.56. The minimum Gasteiger partial charge on any atom is -0.379 e. The fourth-order valence-electron chi connectivity index (χ4n) is 1.98. The highest BCUT2D eigenvalue weighted by Gasteiger charge is 2.16. The van der Waals surface area contributed by atoms with E-state index in [0.29, 0.717) is 16.8 Å². The monoisotopic (exact) mass is 358 g/mol. The predicted molar refractivity (Wildman–Crippen MR) is 78.9 cm³/mol. The van der Waals surface area contributed by atoms with Crippen molar-refractivity contribution in [3.63, 3.8) is 0 Å². The number of morpholine rings is 1. The number of nitrogens with one attached hydrogen (secondary N) is 1. The van der Waals surface area contributed by atoms with Crippen molar-refractivity contribution in [3.05, 3.63) is 27.2 Å². The van der Waals surface area contributed by atoms with Crippen LogP contribution in [0.25, 0.3) is 0 Å². The first-order valence-electron chi connectivity index (χ1n) is 6.44. The van der Waals surface area contributed by atoms with Gasteiger partial charge in [0, 0.05) is 36.8 Å². The molecule has 0 bridgehead atoms. The van der Waals surface area contributed by atoms with E-state index in [2.05, 4.69) is 41.3 Å². The van der Waals surface area contributed by atoms with Gasteiger partial charge in [-0.1, -0.05) is 0 Å². The average molecular weight is 359 g/mol. The summed E-state index contributed by atoms with van der Waals surface area (Å²) in [7, 11) is 0. The zero-order valence-corrected chi connectivity index (χ0v) is 12.8. The molecule has 1 saturated heterocycles. The summed E-state index contributed by atoms with van der Waals surface area (Å²) in [6, 6.07) is 1.53. The minimum atomic E-state index is -0.840. The second kappa shape index (κ2) is 8.01. The fourth-order valence-corrected chi connectivity index (χ4v) is 2.31. The minimum absolute atomic E-state index is 0.158. The van der Waals surface area contributed by atoms with Crippen molar-refractivity contribution >= 4 is 27.7 Å². The Morgan fingerprint density at radius 3 is 3.00 bits per heavy atom. The van der Waals surface area contributed by atoms with Gasteiger partial charge in [0.05, 0.1) is 13.2 Å². The van der Waals surface area contributed by atoms with Gasteiger partial charge in [-0.3, -0.25) is 9.74 Å². The van der Waals surface area contributed by atoms with Crippen molar-refractivity contribution < 1.29 is 14.4 Å². The molecule has 0 saturated carbocycles. The molecule has 8 nitrogen and oxygen atoms in total. The van der Waals surface area contributed by atoms with Crippen LogP contribution in [0.4, 0.5) is 5.82 Å². The number of hydrogen-bond acceptors (Lipinski definition) is 8. The molecule has 0 aromatic carbocycles. The summed E-state index contributed by atoms with van der Waals surface area (Å²) in [5.41, 5.74) is 0.158. The van der Waals surface area contributed by atoms with Crippen LogP contribution in [-0.2, 0) is 9.57 Å². The van der Waals surface area contributed by atoms with E-state index in [0.717, 1.165) is 32.8 Å². The number of carbonyl (C=O) groups is 1. The molecule has 1 aromatic heterocycles. The summed E-state index contributed by atoms with van der Waals surface area (Å²) >= 11 is 3.22. The first kappa shape index (κ1) is 15.8. The number of halogens is 1. The van der Waals surface area contributed by atoms with Crippen LogP contribution in [0, 0.1) is 4.91 Å². The predicted octanol–water partition coefficient (Wildman–Crippen LogP) is 1.43. The van der Waals surface area contributed by atoms with Crippen molar-refractivity contribution in [2.24, 2.45) is 5.34 Å². The van der Waals surface area contributed by atoms with Gasteiger partial charge in [0.15, 0.2) is 5.34 Å². The molecule has 1 aliphatic heterocycles. The van der Waals surface area contributed by atoms with Gasteiger partial charge in [-0.05, 0) is 22.0 Å². The maximum atomic E-state index is 11.6.